The lowest BCUT2D eigenvalue weighted by Gasteiger charge is -2.08. The molecule has 0 spiro atoms. The van der Waals surface area contributed by atoms with Crippen molar-refractivity contribution in [3.05, 3.63) is 64.0 Å². The van der Waals surface area contributed by atoms with E-state index in [1.54, 1.807) is 24.5 Å². The van der Waals surface area contributed by atoms with Crippen LogP contribution in [-0.2, 0) is 6.54 Å². The number of pyridine rings is 1. The Morgan fingerprint density at radius 3 is 2.60 bits per heavy atom. The van der Waals surface area contributed by atoms with Crippen LogP contribution in [0.3, 0.4) is 0 Å². The highest BCUT2D eigenvalue weighted by Crippen LogP contribution is 2.28. The Hall–Kier alpha value is -2.96. The molecule has 0 bridgehead atoms. The quantitative estimate of drug-likeness (QED) is 0.639. The molecule has 7 nitrogen and oxygen atoms in total. The summed E-state index contributed by atoms with van der Waals surface area (Å²) in [6.07, 6.45) is 3.22. The van der Waals surface area contributed by atoms with Gasteiger partial charge in [-0.2, -0.15) is 0 Å². The van der Waals surface area contributed by atoms with Gasteiger partial charge in [-0.3, -0.25) is 15.1 Å². The molecule has 1 heterocycles. The Balaban J connectivity index is 2.30. The van der Waals surface area contributed by atoms with Crippen LogP contribution in [0, 0.1) is 10.1 Å². The van der Waals surface area contributed by atoms with Gasteiger partial charge in [-0.15, -0.1) is 0 Å². The summed E-state index contributed by atoms with van der Waals surface area (Å²) in [6, 6.07) is 7.68. The number of para-hydroxylation sites is 1. The highest BCUT2D eigenvalue weighted by atomic mass is 16.6. The number of carboxylic acids is 1. The summed E-state index contributed by atoms with van der Waals surface area (Å²) in [5.41, 5.74) is 0.283. The van der Waals surface area contributed by atoms with Crippen molar-refractivity contribution in [2.45, 2.75) is 6.54 Å². The number of carboxylic acid groups (broad SMARTS) is 1. The lowest BCUT2D eigenvalue weighted by Crippen LogP contribution is -2.07. The second-order valence-electron chi connectivity index (χ2n) is 3.97. The van der Waals surface area contributed by atoms with Gasteiger partial charge in [0.05, 0.1) is 4.92 Å². The second-order valence-corrected chi connectivity index (χ2v) is 3.97. The average Bonchev–Trinajstić information content (AvgIpc) is 2.45. The van der Waals surface area contributed by atoms with Crippen molar-refractivity contribution in [2.24, 2.45) is 0 Å². The summed E-state index contributed by atoms with van der Waals surface area (Å²) < 4.78 is 0. The molecule has 0 unspecified atom stereocenters. The number of benzene rings is 1. The summed E-state index contributed by atoms with van der Waals surface area (Å²) in [7, 11) is 0. The third-order valence-electron chi connectivity index (χ3n) is 2.68. The van der Waals surface area contributed by atoms with Crippen molar-refractivity contribution in [3.8, 4) is 0 Å². The minimum atomic E-state index is -1.33. The molecule has 1 aromatic carbocycles. The first kappa shape index (κ1) is 13.5. The third kappa shape index (κ3) is 2.89. The van der Waals surface area contributed by atoms with Crippen LogP contribution < -0.4 is 5.32 Å². The average molecular weight is 273 g/mol. The van der Waals surface area contributed by atoms with E-state index < -0.39 is 16.6 Å². The molecule has 0 saturated heterocycles. The van der Waals surface area contributed by atoms with Crippen LogP contribution in [0.2, 0.25) is 0 Å². The van der Waals surface area contributed by atoms with Gasteiger partial charge >= 0.3 is 11.7 Å². The van der Waals surface area contributed by atoms with E-state index in [0.29, 0.717) is 6.54 Å². The van der Waals surface area contributed by atoms with Gasteiger partial charge in [0.25, 0.3) is 0 Å². The summed E-state index contributed by atoms with van der Waals surface area (Å²) in [5.74, 6) is -1.33. The van der Waals surface area contributed by atoms with Crippen LogP contribution in [0.5, 0.6) is 0 Å². The zero-order valence-corrected chi connectivity index (χ0v) is 10.3. The summed E-state index contributed by atoms with van der Waals surface area (Å²) in [5, 5.41) is 22.9. The van der Waals surface area contributed by atoms with Crippen molar-refractivity contribution in [1.82, 2.24) is 4.98 Å². The molecule has 0 fully saturated rings. The molecule has 0 amide bonds. The first-order valence-corrected chi connectivity index (χ1v) is 5.73. The molecule has 2 rings (SSSR count). The molecule has 0 saturated carbocycles. The number of hydrogen-bond acceptors (Lipinski definition) is 5. The van der Waals surface area contributed by atoms with E-state index in [1.165, 1.54) is 18.2 Å². The molecular formula is C13H11N3O4. The van der Waals surface area contributed by atoms with E-state index in [1.807, 2.05) is 0 Å². The van der Waals surface area contributed by atoms with Gasteiger partial charge in [0, 0.05) is 18.9 Å². The lowest BCUT2D eigenvalue weighted by atomic mass is 10.1. The largest absolute Gasteiger partial charge is 0.477 e. The molecule has 1 aromatic heterocycles. The van der Waals surface area contributed by atoms with E-state index in [9.17, 15) is 14.9 Å². The van der Waals surface area contributed by atoms with Crippen molar-refractivity contribution in [3.63, 3.8) is 0 Å². The Morgan fingerprint density at radius 2 is 2.00 bits per heavy atom. The maximum atomic E-state index is 11.1. The molecule has 0 aliphatic heterocycles. The predicted octanol–water partition coefficient (Wildman–Crippen LogP) is 2.30. The Morgan fingerprint density at radius 1 is 1.30 bits per heavy atom. The number of hydrogen-bond donors (Lipinski definition) is 2. The topological polar surface area (TPSA) is 105 Å². The highest BCUT2D eigenvalue weighted by Gasteiger charge is 2.23. The van der Waals surface area contributed by atoms with Gasteiger partial charge in [0.2, 0.25) is 0 Å². The van der Waals surface area contributed by atoms with Gasteiger partial charge in [-0.05, 0) is 29.8 Å². The number of carbonyl (C=O) groups is 1. The SMILES string of the molecule is O=C(O)c1cccc(NCc2ccncc2)c1[N+](=O)[O-]. The molecule has 2 aromatic rings. The normalized spacial score (nSPS) is 10.0. The van der Waals surface area contributed by atoms with E-state index in [4.69, 9.17) is 5.11 Å². The highest BCUT2D eigenvalue weighted by molar-refractivity contribution is 5.95. The van der Waals surface area contributed by atoms with Crippen LogP contribution in [0.15, 0.2) is 42.7 Å². The first-order chi connectivity index (χ1) is 9.59. The lowest BCUT2D eigenvalue weighted by molar-refractivity contribution is -0.384. The van der Waals surface area contributed by atoms with Gasteiger partial charge in [0.15, 0.2) is 0 Å². The Labute approximate surface area is 114 Å². The maximum Gasteiger partial charge on any atom is 0.342 e. The predicted molar refractivity (Wildman–Crippen MR) is 71.6 cm³/mol. The number of nitro groups is 1. The Bertz CT molecular complexity index is 643. The summed E-state index contributed by atoms with van der Waals surface area (Å²) in [4.78, 5) is 25.2. The molecule has 20 heavy (non-hydrogen) atoms. The van der Waals surface area contributed by atoms with Crippen molar-refractivity contribution >= 4 is 17.3 Å². The standard InChI is InChI=1S/C13H11N3O4/c17-13(18)10-2-1-3-11(12(10)16(19)20)15-8-9-4-6-14-7-5-9/h1-7,15H,8H2,(H,17,18). The van der Waals surface area contributed by atoms with E-state index in [-0.39, 0.29) is 11.3 Å². The molecule has 0 aliphatic carbocycles. The summed E-state index contributed by atoms with van der Waals surface area (Å²) >= 11 is 0. The molecule has 2 N–H and O–H groups in total. The fourth-order valence-corrected chi connectivity index (χ4v) is 1.75. The fourth-order valence-electron chi connectivity index (χ4n) is 1.75. The van der Waals surface area contributed by atoms with Gasteiger partial charge in [0.1, 0.15) is 11.3 Å². The molecule has 102 valence electrons. The van der Waals surface area contributed by atoms with Gasteiger partial charge in [-0.1, -0.05) is 6.07 Å². The van der Waals surface area contributed by atoms with Gasteiger partial charge < -0.3 is 10.4 Å². The smallest absolute Gasteiger partial charge is 0.342 e. The number of anilines is 1. The Kier molecular flexibility index (Phi) is 3.90. The molecule has 0 aliphatic rings. The number of aromatic carboxylic acids is 1. The van der Waals surface area contributed by atoms with Crippen LogP contribution in [0.4, 0.5) is 11.4 Å². The minimum absolute atomic E-state index is 0.173. The third-order valence-corrected chi connectivity index (χ3v) is 2.68. The fraction of sp³-hybridized carbons (Fsp3) is 0.0769. The van der Waals surface area contributed by atoms with Crippen molar-refractivity contribution < 1.29 is 14.8 Å². The molecule has 7 heteroatoms. The van der Waals surface area contributed by atoms with Crippen LogP contribution in [0.1, 0.15) is 15.9 Å². The molecule has 0 radical (unpaired) electrons. The van der Waals surface area contributed by atoms with E-state index in [2.05, 4.69) is 10.3 Å². The van der Waals surface area contributed by atoms with E-state index in [0.717, 1.165) is 5.56 Å². The van der Waals surface area contributed by atoms with Gasteiger partial charge in [-0.25, -0.2) is 4.79 Å². The number of aromatic nitrogens is 1. The minimum Gasteiger partial charge on any atom is -0.477 e. The van der Waals surface area contributed by atoms with Crippen LogP contribution in [-0.4, -0.2) is 21.0 Å². The number of rotatable bonds is 5. The van der Waals surface area contributed by atoms with Crippen molar-refractivity contribution in [2.75, 3.05) is 5.32 Å². The second kappa shape index (κ2) is 5.79. The zero-order chi connectivity index (χ0) is 14.5. The van der Waals surface area contributed by atoms with Crippen molar-refractivity contribution in [1.29, 1.82) is 0 Å². The number of nitro benzene ring substituents is 1. The van der Waals surface area contributed by atoms with E-state index >= 15 is 0 Å². The van der Waals surface area contributed by atoms with Crippen LogP contribution in [0.25, 0.3) is 0 Å². The molecular weight excluding hydrogens is 262 g/mol. The summed E-state index contributed by atoms with van der Waals surface area (Å²) in [6.45, 7) is 0.340. The monoisotopic (exact) mass is 273 g/mol. The van der Waals surface area contributed by atoms with Crippen LogP contribution >= 0.6 is 0 Å². The zero-order valence-electron chi connectivity index (χ0n) is 10.3. The maximum absolute atomic E-state index is 11.1. The molecule has 0 atom stereocenters. The number of nitrogens with one attached hydrogen (secondary N) is 1. The number of nitrogens with zero attached hydrogens (tertiary/aromatic N) is 2. The first-order valence-electron chi connectivity index (χ1n) is 5.73.